The van der Waals surface area contributed by atoms with Gasteiger partial charge in [-0.25, -0.2) is 0 Å². The molecule has 0 amide bonds. The second-order valence-corrected chi connectivity index (χ2v) is 0.636. The maximum absolute atomic E-state index is 9.17. The van der Waals surface area contributed by atoms with Gasteiger partial charge in [0.1, 0.15) is 0 Å². The predicted octanol–water partition coefficient (Wildman–Crippen LogP) is -0.139. The fourth-order valence-corrected chi connectivity index (χ4v) is 0.0909. The summed E-state index contributed by atoms with van der Waals surface area (Å²) in [6.07, 6.45) is 0. The Kier molecular flexibility index (Phi) is 4.16. The molecule has 0 atom stereocenters. The zero-order valence-corrected chi connectivity index (χ0v) is 3.47. The van der Waals surface area contributed by atoms with Crippen LogP contribution in [0.5, 0.6) is 0 Å². The molecule has 0 aliphatic heterocycles. The van der Waals surface area contributed by atoms with Gasteiger partial charge in [0.2, 0.25) is 0 Å². The van der Waals surface area contributed by atoms with Gasteiger partial charge in [-0.2, -0.15) is 5.48 Å². The summed E-state index contributed by atoms with van der Waals surface area (Å²) in [7, 11) is 1.42. The van der Waals surface area contributed by atoms with Gasteiger partial charge in [0.25, 0.3) is 0 Å². The third-order valence-electron chi connectivity index (χ3n) is 0.273. The molecule has 0 rings (SSSR count). The topological polar surface area (TPSA) is 50.7 Å². The van der Waals surface area contributed by atoms with Gasteiger partial charge in [0, 0.05) is 0 Å². The zero-order chi connectivity index (χ0) is 4.83. The van der Waals surface area contributed by atoms with E-state index >= 15 is 0 Å². The molecule has 6 heavy (non-hydrogen) atoms. The van der Waals surface area contributed by atoms with Crippen LogP contribution >= 0.6 is 0 Å². The molecule has 1 N–H and O–H groups in total. The van der Waals surface area contributed by atoms with Gasteiger partial charge < -0.3 is 4.84 Å². The number of hydrogen-bond acceptors (Lipinski definition) is 4. The maximum Gasteiger partial charge on any atom is 0.153 e. The van der Waals surface area contributed by atoms with Gasteiger partial charge in [0.15, 0.2) is 6.67 Å². The van der Waals surface area contributed by atoms with Crippen LogP contribution in [0.2, 0.25) is 0 Å². The Labute approximate surface area is 35.4 Å². The minimum atomic E-state index is 0.0104. The molecule has 0 aromatic heterocycles. The third-order valence-corrected chi connectivity index (χ3v) is 0.273. The summed E-state index contributed by atoms with van der Waals surface area (Å²) < 4.78 is 0. The zero-order valence-electron chi connectivity index (χ0n) is 3.47. The van der Waals surface area contributed by atoms with Crippen LogP contribution in [-0.2, 0) is 4.84 Å². The first kappa shape index (κ1) is 5.52. The Morgan fingerprint density at radius 2 is 2.67 bits per heavy atom. The van der Waals surface area contributed by atoms with E-state index in [0.29, 0.717) is 0 Å². The molecule has 0 unspecified atom stereocenters. The van der Waals surface area contributed by atoms with Crippen molar-refractivity contribution < 1.29 is 4.84 Å². The molecule has 0 heterocycles. The SMILES string of the molecule is CONCN=O. The van der Waals surface area contributed by atoms with Crippen molar-refractivity contribution in [3.8, 4) is 0 Å². The number of rotatable bonds is 3. The van der Waals surface area contributed by atoms with Crippen LogP contribution in [0.3, 0.4) is 0 Å². The number of hydroxylamine groups is 1. The molecule has 0 spiro atoms. The number of nitrogens with zero attached hydrogens (tertiary/aromatic N) is 1. The summed E-state index contributed by atoms with van der Waals surface area (Å²) in [5.41, 5.74) is 2.22. The lowest BCUT2D eigenvalue weighted by Crippen LogP contribution is -2.09. The lowest BCUT2D eigenvalue weighted by molar-refractivity contribution is 0.0941. The van der Waals surface area contributed by atoms with Crippen molar-refractivity contribution in [2.24, 2.45) is 5.18 Å². The monoisotopic (exact) mass is 90.0 g/mol. The fraction of sp³-hybridized carbons (Fsp3) is 1.00. The highest BCUT2D eigenvalue weighted by Crippen LogP contribution is 1.55. The van der Waals surface area contributed by atoms with E-state index < -0.39 is 0 Å². The third kappa shape index (κ3) is 3.52. The minimum absolute atomic E-state index is 0.0104. The smallest absolute Gasteiger partial charge is 0.153 e. The van der Waals surface area contributed by atoms with E-state index in [4.69, 9.17) is 0 Å². The van der Waals surface area contributed by atoms with Crippen molar-refractivity contribution >= 4 is 0 Å². The summed E-state index contributed by atoms with van der Waals surface area (Å²) in [6.45, 7) is 0.0104. The molecular formula is C2H6N2O2. The van der Waals surface area contributed by atoms with Crippen molar-refractivity contribution in [3.63, 3.8) is 0 Å². The Morgan fingerprint density at radius 1 is 2.00 bits per heavy atom. The highest BCUT2D eigenvalue weighted by molar-refractivity contribution is 4.21. The van der Waals surface area contributed by atoms with Crippen molar-refractivity contribution in [1.82, 2.24) is 5.48 Å². The molecule has 0 bridgehead atoms. The van der Waals surface area contributed by atoms with Gasteiger partial charge in [-0.15, -0.1) is 4.91 Å². The number of nitroso groups, excluding NO2 is 1. The molecule has 0 saturated carbocycles. The lowest BCUT2D eigenvalue weighted by Gasteiger charge is -1.87. The minimum Gasteiger partial charge on any atom is -0.303 e. The second kappa shape index (κ2) is 4.52. The van der Waals surface area contributed by atoms with Gasteiger partial charge >= 0.3 is 0 Å². The average molecular weight is 90.1 g/mol. The van der Waals surface area contributed by atoms with Crippen LogP contribution in [-0.4, -0.2) is 13.8 Å². The molecule has 36 valence electrons. The van der Waals surface area contributed by atoms with Crippen LogP contribution in [0.15, 0.2) is 5.18 Å². The standard InChI is InChI=1S/C2H6N2O2/c1-6-4-2-3-5/h4H,2H2,1H3. The van der Waals surface area contributed by atoms with Crippen LogP contribution in [0.25, 0.3) is 0 Å². The molecule has 4 nitrogen and oxygen atoms in total. The van der Waals surface area contributed by atoms with E-state index in [-0.39, 0.29) is 6.67 Å². The lowest BCUT2D eigenvalue weighted by atomic mass is 11.2. The van der Waals surface area contributed by atoms with Gasteiger partial charge in [-0.1, -0.05) is 5.18 Å². The van der Waals surface area contributed by atoms with Gasteiger partial charge in [-0.05, 0) is 0 Å². The Bertz CT molecular complexity index is 38.5. The van der Waals surface area contributed by atoms with Crippen molar-refractivity contribution in [1.29, 1.82) is 0 Å². The summed E-state index contributed by atoms with van der Waals surface area (Å²) in [5.74, 6) is 0. The molecule has 0 aliphatic carbocycles. The molecular weight excluding hydrogens is 84.0 g/mol. The van der Waals surface area contributed by atoms with E-state index in [1.54, 1.807) is 0 Å². The molecule has 0 fully saturated rings. The van der Waals surface area contributed by atoms with E-state index in [1.807, 2.05) is 0 Å². The van der Waals surface area contributed by atoms with Gasteiger partial charge in [-0.3, -0.25) is 0 Å². The van der Waals surface area contributed by atoms with Crippen molar-refractivity contribution in [2.45, 2.75) is 0 Å². The fourth-order valence-electron chi connectivity index (χ4n) is 0.0909. The molecule has 0 saturated heterocycles. The van der Waals surface area contributed by atoms with E-state index in [1.165, 1.54) is 7.11 Å². The summed E-state index contributed by atoms with van der Waals surface area (Å²) in [5, 5.41) is 2.44. The van der Waals surface area contributed by atoms with E-state index in [0.717, 1.165) is 0 Å². The first-order valence-electron chi connectivity index (χ1n) is 1.46. The van der Waals surface area contributed by atoms with Crippen LogP contribution < -0.4 is 5.48 Å². The van der Waals surface area contributed by atoms with Crippen LogP contribution in [0, 0.1) is 4.91 Å². The van der Waals surface area contributed by atoms with Crippen molar-refractivity contribution in [3.05, 3.63) is 4.91 Å². The Morgan fingerprint density at radius 3 is 2.83 bits per heavy atom. The molecule has 4 heteroatoms. The second-order valence-electron chi connectivity index (χ2n) is 0.636. The van der Waals surface area contributed by atoms with E-state index in [9.17, 15) is 4.91 Å². The predicted molar refractivity (Wildman–Crippen MR) is 20.8 cm³/mol. The van der Waals surface area contributed by atoms with E-state index in [2.05, 4.69) is 15.5 Å². The number of nitrogens with one attached hydrogen (secondary N) is 1. The van der Waals surface area contributed by atoms with Crippen LogP contribution in [0.4, 0.5) is 0 Å². The molecule has 0 aromatic carbocycles. The number of hydrogen-bond donors (Lipinski definition) is 1. The average Bonchev–Trinajstić information content (AvgIpc) is 1.61. The molecule has 0 aliphatic rings. The molecule has 0 aromatic rings. The van der Waals surface area contributed by atoms with Crippen LogP contribution in [0.1, 0.15) is 0 Å². The Hall–Kier alpha value is -0.480. The van der Waals surface area contributed by atoms with Crippen molar-refractivity contribution in [2.75, 3.05) is 13.8 Å². The van der Waals surface area contributed by atoms with Gasteiger partial charge in [0.05, 0.1) is 7.11 Å². The summed E-state index contributed by atoms with van der Waals surface area (Å²) in [6, 6.07) is 0. The quantitative estimate of drug-likeness (QED) is 0.298. The summed E-state index contributed by atoms with van der Waals surface area (Å²) >= 11 is 0. The summed E-state index contributed by atoms with van der Waals surface area (Å²) in [4.78, 5) is 13.4. The highest BCUT2D eigenvalue weighted by Gasteiger charge is 1.70. The maximum atomic E-state index is 9.17. The molecule has 0 radical (unpaired) electrons. The highest BCUT2D eigenvalue weighted by atomic mass is 16.6. The normalized spacial score (nSPS) is 8.17. The first-order chi connectivity index (χ1) is 2.91. The largest absolute Gasteiger partial charge is 0.303 e. The Balaban J connectivity index is 2.49. The first-order valence-corrected chi connectivity index (χ1v) is 1.46.